The molecule has 2 fully saturated rings. The van der Waals surface area contributed by atoms with E-state index in [4.69, 9.17) is 0 Å². The van der Waals surface area contributed by atoms with E-state index in [1.54, 1.807) is 6.07 Å². The van der Waals surface area contributed by atoms with E-state index in [0.29, 0.717) is 5.69 Å². The van der Waals surface area contributed by atoms with E-state index in [9.17, 15) is 13.2 Å². The fourth-order valence-electron chi connectivity index (χ4n) is 4.50. The van der Waals surface area contributed by atoms with Gasteiger partial charge in [-0.2, -0.15) is 13.2 Å². The second-order valence-electron chi connectivity index (χ2n) is 7.38. The van der Waals surface area contributed by atoms with Crippen molar-refractivity contribution in [1.82, 2.24) is 4.90 Å². The number of benzene rings is 1. The summed E-state index contributed by atoms with van der Waals surface area (Å²) in [7, 11) is 0. The maximum absolute atomic E-state index is 12.9. The van der Waals surface area contributed by atoms with Gasteiger partial charge in [-0.25, -0.2) is 0 Å². The second-order valence-corrected chi connectivity index (χ2v) is 7.38. The molecule has 0 radical (unpaired) electrons. The van der Waals surface area contributed by atoms with Crippen LogP contribution in [0.5, 0.6) is 0 Å². The molecule has 0 spiro atoms. The molecular formula is C19H23F3N2. The number of allylic oxidation sites excluding steroid dienone is 2. The monoisotopic (exact) mass is 336 g/mol. The van der Waals surface area contributed by atoms with Crippen LogP contribution in [-0.4, -0.2) is 37.6 Å². The Hall–Kier alpha value is -1.49. The van der Waals surface area contributed by atoms with Gasteiger partial charge in [0.1, 0.15) is 0 Å². The number of anilines is 1. The lowest BCUT2D eigenvalue weighted by Gasteiger charge is -2.38. The van der Waals surface area contributed by atoms with Crippen LogP contribution >= 0.6 is 0 Å². The second kappa shape index (κ2) is 6.10. The summed E-state index contributed by atoms with van der Waals surface area (Å²) < 4.78 is 38.6. The lowest BCUT2D eigenvalue weighted by molar-refractivity contribution is -0.137. The molecule has 2 aliphatic carbocycles. The molecule has 3 aliphatic rings. The Kier molecular flexibility index (Phi) is 4.07. The van der Waals surface area contributed by atoms with Crippen molar-refractivity contribution in [3.63, 3.8) is 0 Å². The van der Waals surface area contributed by atoms with Crippen molar-refractivity contribution in [3.05, 3.63) is 42.0 Å². The highest BCUT2D eigenvalue weighted by Crippen LogP contribution is 2.43. The molecule has 3 atom stereocenters. The lowest BCUT2D eigenvalue weighted by atomic mass is 9.93. The van der Waals surface area contributed by atoms with Gasteiger partial charge < -0.3 is 4.90 Å². The summed E-state index contributed by atoms with van der Waals surface area (Å²) in [5.74, 6) is 2.34. The van der Waals surface area contributed by atoms with Gasteiger partial charge >= 0.3 is 6.18 Å². The SMILES string of the molecule is FC(F)(F)c1cccc(N2CCN(C[C@@H]3C[C@@H]4C=C[C@H]3C4)CC2)c1. The number of fused-ring (bicyclic) bond motifs is 2. The maximum atomic E-state index is 12.9. The molecule has 5 heteroatoms. The quantitative estimate of drug-likeness (QED) is 0.769. The van der Waals surface area contributed by atoms with Crippen molar-refractivity contribution in [2.45, 2.75) is 19.0 Å². The van der Waals surface area contributed by atoms with Crippen LogP contribution in [0.25, 0.3) is 0 Å². The predicted octanol–water partition coefficient (Wildman–Crippen LogP) is 4.04. The Morgan fingerprint density at radius 1 is 1.00 bits per heavy atom. The average Bonchev–Trinajstić information content (AvgIpc) is 3.18. The highest BCUT2D eigenvalue weighted by Gasteiger charge is 2.37. The number of piperazine rings is 1. The van der Waals surface area contributed by atoms with Gasteiger partial charge in [0.2, 0.25) is 0 Å². The van der Waals surface area contributed by atoms with Gasteiger partial charge in [-0.1, -0.05) is 18.2 Å². The first-order valence-corrected chi connectivity index (χ1v) is 8.82. The van der Waals surface area contributed by atoms with Crippen LogP contribution in [-0.2, 0) is 6.18 Å². The molecular weight excluding hydrogens is 313 g/mol. The molecule has 0 amide bonds. The molecule has 1 aromatic rings. The molecule has 24 heavy (non-hydrogen) atoms. The molecule has 1 saturated heterocycles. The van der Waals surface area contributed by atoms with Gasteiger partial charge in [0.25, 0.3) is 0 Å². The van der Waals surface area contributed by atoms with Crippen LogP contribution in [0.3, 0.4) is 0 Å². The Labute approximate surface area is 140 Å². The standard InChI is InChI=1S/C19H23F3N2/c20-19(21,22)17-2-1-3-18(12-17)24-8-6-23(7-9-24)13-16-11-14-4-5-15(16)10-14/h1-5,12,14-16H,6-11,13H2/t14-,15+,16+/m1/s1. The molecule has 0 aromatic heterocycles. The molecule has 130 valence electrons. The third-order valence-corrected chi connectivity index (χ3v) is 5.82. The van der Waals surface area contributed by atoms with Gasteiger partial charge in [-0.3, -0.25) is 4.90 Å². The summed E-state index contributed by atoms with van der Waals surface area (Å²) in [5.41, 5.74) is 0.128. The van der Waals surface area contributed by atoms with E-state index in [1.165, 1.54) is 25.0 Å². The first-order chi connectivity index (χ1) is 11.5. The zero-order valence-electron chi connectivity index (χ0n) is 13.7. The fraction of sp³-hybridized carbons (Fsp3) is 0.579. The fourth-order valence-corrected chi connectivity index (χ4v) is 4.50. The third-order valence-electron chi connectivity index (χ3n) is 5.82. The van der Waals surface area contributed by atoms with Crippen LogP contribution in [0.4, 0.5) is 18.9 Å². The van der Waals surface area contributed by atoms with Crippen molar-refractivity contribution in [3.8, 4) is 0 Å². The average molecular weight is 336 g/mol. The zero-order chi connectivity index (χ0) is 16.7. The van der Waals surface area contributed by atoms with Crippen LogP contribution in [0, 0.1) is 17.8 Å². The Bertz CT molecular complexity index is 617. The van der Waals surface area contributed by atoms with Crippen molar-refractivity contribution in [2.24, 2.45) is 17.8 Å². The topological polar surface area (TPSA) is 6.48 Å². The number of hydrogen-bond donors (Lipinski definition) is 0. The molecule has 1 heterocycles. The zero-order valence-corrected chi connectivity index (χ0v) is 13.7. The van der Waals surface area contributed by atoms with Crippen molar-refractivity contribution in [1.29, 1.82) is 0 Å². The minimum Gasteiger partial charge on any atom is -0.369 e. The van der Waals surface area contributed by atoms with Gasteiger partial charge in [-0.05, 0) is 48.8 Å². The molecule has 2 nitrogen and oxygen atoms in total. The Morgan fingerprint density at radius 3 is 2.42 bits per heavy atom. The molecule has 0 unspecified atom stereocenters. The number of halogens is 3. The van der Waals surface area contributed by atoms with Gasteiger partial charge in [0.15, 0.2) is 0 Å². The molecule has 2 bridgehead atoms. The molecule has 4 rings (SSSR count). The summed E-state index contributed by atoms with van der Waals surface area (Å²) in [6, 6.07) is 5.70. The van der Waals surface area contributed by atoms with Crippen molar-refractivity contribution in [2.75, 3.05) is 37.6 Å². The summed E-state index contributed by atoms with van der Waals surface area (Å²) in [6.45, 7) is 4.62. The van der Waals surface area contributed by atoms with Crippen LogP contribution in [0.1, 0.15) is 18.4 Å². The molecule has 0 N–H and O–H groups in total. The smallest absolute Gasteiger partial charge is 0.369 e. The van der Waals surface area contributed by atoms with Gasteiger partial charge in [0, 0.05) is 38.4 Å². The summed E-state index contributed by atoms with van der Waals surface area (Å²) in [6.07, 6.45) is 3.13. The number of nitrogens with zero attached hydrogens (tertiary/aromatic N) is 2. The predicted molar refractivity (Wildman–Crippen MR) is 88.9 cm³/mol. The summed E-state index contributed by atoms with van der Waals surface area (Å²) in [4.78, 5) is 4.57. The number of rotatable bonds is 3. The van der Waals surface area contributed by atoms with E-state index < -0.39 is 11.7 Å². The van der Waals surface area contributed by atoms with E-state index in [2.05, 4.69) is 22.0 Å². The minimum absolute atomic E-state index is 0.559. The third kappa shape index (κ3) is 3.18. The molecule has 1 saturated carbocycles. The Morgan fingerprint density at radius 2 is 1.79 bits per heavy atom. The van der Waals surface area contributed by atoms with E-state index >= 15 is 0 Å². The highest BCUT2D eigenvalue weighted by molar-refractivity contribution is 5.49. The normalized spacial score (nSPS) is 30.3. The van der Waals surface area contributed by atoms with Crippen LogP contribution in [0.15, 0.2) is 36.4 Å². The first-order valence-electron chi connectivity index (χ1n) is 8.82. The van der Waals surface area contributed by atoms with Crippen LogP contribution < -0.4 is 4.90 Å². The minimum atomic E-state index is -4.27. The molecule has 1 aromatic carbocycles. The van der Waals surface area contributed by atoms with E-state index in [0.717, 1.165) is 56.5 Å². The van der Waals surface area contributed by atoms with E-state index in [-0.39, 0.29) is 0 Å². The summed E-state index contributed by atoms with van der Waals surface area (Å²) >= 11 is 0. The Balaban J connectivity index is 1.34. The summed E-state index contributed by atoms with van der Waals surface area (Å²) in [5, 5.41) is 0. The largest absolute Gasteiger partial charge is 0.416 e. The first kappa shape index (κ1) is 16.0. The van der Waals surface area contributed by atoms with Crippen molar-refractivity contribution < 1.29 is 13.2 Å². The van der Waals surface area contributed by atoms with Crippen LogP contribution in [0.2, 0.25) is 0 Å². The van der Waals surface area contributed by atoms with Gasteiger partial charge in [-0.15, -0.1) is 0 Å². The maximum Gasteiger partial charge on any atom is 0.416 e. The van der Waals surface area contributed by atoms with Gasteiger partial charge in [0.05, 0.1) is 5.56 Å². The van der Waals surface area contributed by atoms with Crippen molar-refractivity contribution >= 4 is 5.69 Å². The lowest BCUT2D eigenvalue weighted by Crippen LogP contribution is -2.48. The number of hydrogen-bond acceptors (Lipinski definition) is 2. The highest BCUT2D eigenvalue weighted by atomic mass is 19.4. The number of alkyl halides is 3. The molecule has 1 aliphatic heterocycles. The van der Waals surface area contributed by atoms with E-state index in [1.807, 2.05) is 0 Å².